The third kappa shape index (κ3) is 4.86. The molecule has 1 atom stereocenters. The predicted octanol–water partition coefficient (Wildman–Crippen LogP) is 0.855. The molecule has 0 bridgehead atoms. The maximum absolute atomic E-state index is 11.4. The molecule has 1 aliphatic rings. The summed E-state index contributed by atoms with van der Waals surface area (Å²) in [5.41, 5.74) is 0. The van der Waals surface area contributed by atoms with E-state index in [1.165, 1.54) is 0 Å². The van der Waals surface area contributed by atoms with E-state index in [-0.39, 0.29) is 5.91 Å². The fourth-order valence-electron chi connectivity index (χ4n) is 1.67. The second-order valence-corrected chi connectivity index (χ2v) is 4.74. The molecule has 4 heteroatoms. The molecule has 1 aliphatic heterocycles. The van der Waals surface area contributed by atoms with Crippen molar-refractivity contribution in [3.8, 4) is 0 Å². The highest BCUT2D eigenvalue weighted by Crippen LogP contribution is 2.11. The number of rotatable bonds is 6. The van der Waals surface area contributed by atoms with E-state index in [0.717, 1.165) is 38.2 Å². The summed E-state index contributed by atoms with van der Waals surface area (Å²) in [4.78, 5) is 11.4. The molecule has 1 unspecified atom stereocenters. The SMILES string of the molecule is CSCCCNC(=O)CC1CCNC1. The first-order valence-corrected chi connectivity index (χ1v) is 6.68. The average Bonchev–Trinajstić information content (AvgIpc) is 2.65. The second-order valence-electron chi connectivity index (χ2n) is 3.76. The van der Waals surface area contributed by atoms with Gasteiger partial charge in [-0.15, -0.1) is 0 Å². The summed E-state index contributed by atoms with van der Waals surface area (Å²) in [7, 11) is 0. The molecule has 2 N–H and O–H groups in total. The van der Waals surface area contributed by atoms with E-state index in [4.69, 9.17) is 0 Å². The van der Waals surface area contributed by atoms with Gasteiger partial charge in [-0.05, 0) is 43.9 Å². The molecular weight excluding hydrogens is 196 g/mol. The molecule has 82 valence electrons. The lowest BCUT2D eigenvalue weighted by Gasteiger charge is -2.08. The normalized spacial score (nSPS) is 21.1. The van der Waals surface area contributed by atoms with Gasteiger partial charge in [0, 0.05) is 13.0 Å². The Hall–Kier alpha value is -0.220. The maximum atomic E-state index is 11.4. The largest absolute Gasteiger partial charge is 0.356 e. The predicted molar refractivity (Wildman–Crippen MR) is 61.6 cm³/mol. The van der Waals surface area contributed by atoms with Crippen molar-refractivity contribution in [3.63, 3.8) is 0 Å². The topological polar surface area (TPSA) is 41.1 Å². The van der Waals surface area contributed by atoms with Crippen LogP contribution in [0.1, 0.15) is 19.3 Å². The number of hydrogen-bond donors (Lipinski definition) is 2. The average molecular weight is 216 g/mol. The number of thioether (sulfide) groups is 1. The van der Waals surface area contributed by atoms with Gasteiger partial charge in [0.1, 0.15) is 0 Å². The third-order valence-electron chi connectivity index (χ3n) is 2.48. The van der Waals surface area contributed by atoms with Crippen LogP contribution in [-0.2, 0) is 4.79 Å². The summed E-state index contributed by atoms with van der Waals surface area (Å²) in [6.45, 7) is 2.92. The quantitative estimate of drug-likeness (QED) is 0.647. The molecule has 0 aliphatic carbocycles. The van der Waals surface area contributed by atoms with E-state index < -0.39 is 0 Å². The van der Waals surface area contributed by atoms with Crippen LogP contribution in [0.3, 0.4) is 0 Å². The third-order valence-corrected chi connectivity index (χ3v) is 3.18. The first kappa shape index (κ1) is 11.9. The first-order chi connectivity index (χ1) is 6.83. The molecule has 0 radical (unpaired) electrons. The Kier molecular flexibility index (Phi) is 6.03. The van der Waals surface area contributed by atoms with Crippen LogP contribution in [0.4, 0.5) is 0 Å². The van der Waals surface area contributed by atoms with Crippen molar-refractivity contribution in [2.75, 3.05) is 31.6 Å². The highest BCUT2D eigenvalue weighted by atomic mass is 32.2. The van der Waals surface area contributed by atoms with Gasteiger partial charge in [-0.3, -0.25) is 4.79 Å². The van der Waals surface area contributed by atoms with Crippen LogP contribution < -0.4 is 10.6 Å². The monoisotopic (exact) mass is 216 g/mol. The first-order valence-electron chi connectivity index (χ1n) is 5.29. The van der Waals surface area contributed by atoms with Crippen LogP contribution in [0.25, 0.3) is 0 Å². The molecule has 1 heterocycles. The number of nitrogens with one attached hydrogen (secondary N) is 2. The summed E-state index contributed by atoms with van der Waals surface area (Å²) >= 11 is 1.82. The molecule has 0 aromatic rings. The van der Waals surface area contributed by atoms with Crippen molar-refractivity contribution in [3.05, 3.63) is 0 Å². The van der Waals surface area contributed by atoms with Crippen LogP contribution in [0, 0.1) is 5.92 Å². The fraction of sp³-hybridized carbons (Fsp3) is 0.900. The summed E-state index contributed by atoms with van der Waals surface area (Å²) in [6, 6.07) is 0. The smallest absolute Gasteiger partial charge is 0.220 e. The Bertz CT molecular complexity index is 170. The van der Waals surface area contributed by atoms with Gasteiger partial charge in [0.05, 0.1) is 0 Å². The lowest BCUT2D eigenvalue weighted by atomic mass is 10.0. The molecular formula is C10H20N2OS. The summed E-state index contributed by atoms with van der Waals surface area (Å²) < 4.78 is 0. The van der Waals surface area contributed by atoms with Crippen molar-refractivity contribution in [1.82, 2.24) is 10.6 Å². The number of amides is 1. The zero-order valence-corrected chi connectivity index (χ0v) is 9.66. The zero-order chi connectivity index (χ0) is 10.2. The highest BCUT2D eigenvalue weighted by Gasteiger charge is 2.17. The lowest BCUT2D eigenvalue weighted by molar-refractivity contribution is -0.121. The van der Waals surface area contributed by atoms with E-state index in [1.807, 2.05) is 11.8 Å². The highest BCUT2D eigenvalue weighted by molar-refractivity contribution is 7.98. The molecule has 1 saturated heterocycles. The molecule has 14 heavy (non-hydrogen) atoms. The Morgan fingerprint density at radius 1 is 1.64 bits per heavy atom. The van der Waals surface area contributed by atoms with Gasteiger partial charge in [-0.25, -0.2) is 0 Å². The van der Waals surface area contributed by atoms with Gasteiger partial charge in [-0.1, -0.05) is 0 Å². The zero-order valence-electron chi connectivity index (χ0n) is 8.84. The Morgan fingerprint density at radius 3 is 3.14 bits per heavy atom. The van der Waals surface area contributed by atoms with Gasteiger partial charge in [0.15, 0.2) is 0 Å². The van der Waals surface area contributed by atoms with Crippen molar-refractivity contribution in [2.24, 2.45) is 5.92 Å². The van der Waals surface area contributed by atoms with Gasteiger partial charge in [0.2, 0.25) is 5.91 Å². The minimum Gasteiger partial charge on any atom is -0.356 e. The molecule has 0 aromatic heterocycles. The van der Waals surface area contributed by atoms with Crippen LogP contribution in [0.15, 0.2) is 0 Å². The molecule has 1 rings (SSSR count). The van der Waals surface area contributed by atoms with E-state index in [9.17, 15) is 4.79 Å². The van der Waals surface area contributed by atoms with Crippen LogP contribution in [0.2, 0.25) is 0 Å². The minimum atomic E-state index is 0.222. The van der Waals surface area contributed by atoms with Crippen LogP contribution in [0.5, 0.6) is 0 Å². The Balaban J connectivity index is 1.98. The van der Waals surface area contributed by atoms with Gasteiger partial charge in [0.25, 0.3) is 0 Å². The second kappa shape index (κ2) is 7.12. The summed E-state index contributed by atoms with van der Waals surface area (Å²) in [6.07, 6.45) is 5.02. The van der Waals surface area contributed by atoms with Crippen molar-refractivity contribution in [1.29, 1.82) is 0 Å². The number of carbonyl (C=O) groups is 1. The van der Waals surface area contributed by atoms with Crippen molar-refractivity contribution in [2.45, 2.75) is 19.3 Å². The van der Waals surface area contributed by atoms with E-state index in [1.54, 1.807) is 0 Å². The fourth-order valence-corrected chi connectivity index (χ4v) is 2.10. The van der Waals surface area contributed by atoms with Crippen molar-refractivity contribution >= 4 is 17.7 Å². The molecule has 0 aromatic carbocycles. The van der Waals surface area contributed by atoms with E-state index in [2.05, 4.69) is 16.9 Å². The molecule has 0 saturated carbocycles. The maximum Gasteiger partial charge on any atom is 0.220 e. The lowest BCUT2D eigenvalue weighted by Crippen LogP contribution is -2.27. The van der Waals surface area contributed by atoms with Crippen LogP contribution in [-0.4, -0.2) is 37.6 Å². The Morgan fingerprint density at radius 2 is 2.50 bits per heavy atom. The summed E-state index contributed by atoms with van der Waals surface area (Å²) in [5, 5.41) is 6.24. The van der Waals surface area contributed by atoms with Gasteiger partial charge < -0.3 is 10.6 Å². The molecule has 1 amide bonds. The standard InChI is InChI=1S/C10H20N2OS/c1-14-6-2-4-12-10(13)7-9-3-5-11-8-9/h9,11H,2-8H2,1H3,(H,12,13). The van der Waals surface area contributed by atoms with Gasteiger partial charge >= 0.3 is 0 Å². The Labute approximate surface area is 90.4 Å². The van der Waals surface area contributed by atoms with E-state index in [0.29, 0.717) is 12.3 Å². The van der Waals surface area contributed by atoms with Gasteiger partial charge in [-0.2, -0.15) is 11.8 Å². The molecule has 3 nitrogen and oxygen atoms in total. The minimum absolute atomic E-state index is 0.222. The van der Waals surface area contributed by atoms with Crippen molar-refractivity contribution < 1.29 is 4.79 Å². The summed E-state index contributed by atoms with van der Waals surface area (Å²) in [5.74, 6) is 1.92. The molecule has 0 spiro atoms. The molecule has 1 fully saturated rings. The van der Waals surface area contributed by atoms with Crippen LogP contribution >= 0.6 is 11.8 Å². The van der Waals surface area contributed by atoms with E-state index >= 15 is 0 Å². The number of carbonyl (C=O) groups excluding carboxylic acids is 1. The number of hydrogen-bond acceptors (Lipinski definition) is 3.